The van der Waals surface area contributed by atoms with Gasteiger partial charge in [0.2, 0.25) is 0 Å². The molecule has 5 nitrogen and oxygen atoms in total. The van der Waals surface area contributed by atoms with Crippen molar-refractivity contribution in [3.05, 3.63) is 94.4 Å². The highest BCUT2D eigenvalue weighted by Crippen LogP contribution is 2.47. The number of benzene rings is 2. The van der Waals surface area contributed by atoms with Gasteiger partial charge in [-0.05, 0) is 49.3 Å². The second kappa shape index (κ2) is 9.95. The molecule has 0 saturated carbocycles. The second-order valence-corrected chi connectivity index (χ2v) is 9.37. The van der Waals surface area contributed by atoms with Crippen molar-refractivity contribution in [2.24, 2.45) is 0 Å². The van der Waals surface area contributed by atoms with Crippen LogP contribution in [0, 0.1) is 0 Å². The number of dihydropyridines is 1. The molecule has 3 aliphatic rings. The first-order valence-corrected chi connectivity index (χ1v) is 12.4. The van der Waals surface area contributed by atoms with Gasteiger partial charge in [-0.25, -0.2) is 0 Å². The highest BCUT2D eigenvalue weighted by molar-refractivity contribution is 6.06. The Kier molecular flexibility index (Phi) is 6.58. The van der Waals surface area contributed by atoms with E-state index in [1.165, 1.54) is 0 Å². The molecule has 180 valence electrons. The Morgan fingerprint density at radius 2 is 1.63 bits per heavy atom. The van der Waals surface area contributed by atoms with E-state index in [0.717, 1.165) is 64.9 Å². The van der Waals surface area contributed by atoms with E-state index in [9.17, 15) is 9.59 Å². The van der Waals surface area contributed by atoms with Crippen LogP contribution in [0.5, 0.6) is 11.5 Å². The third-order valence-corrected chi connectivity index (χ3v) is 7.09. The zero-order valence-corrected chi connectivity index (χ0v) is 20.2. The summed E-state index contributed by atoms with van der Waals surface area (Å²) in [5, 5.41) is 3.48. The Morgan fingerprint density at radius 3 is 2.23 bits per heavy atom. The Hall–Kier alpha value is -3.60. The van der Waals surface area contributed by atoms with E-state index >= 15 is 0 Å². The van der Waals surface area contributed by atoms with Crippen molar-refractivity contribution in [2.75, 3.05) is 7.11 Å². The number of ether oxygens (including phenoxy) is 2. The van der Waals surface area contributed by atoms with Crippen molar-refractivity contribution in [1.29, 1.82) is 0 Å². The van der Waals surface area contributed by atoms with E-state index in [0.29, 0.717) is 37.4 Å². The molecule has 0 spiro atoms. The zero-order valence-electron chi connectivity index (χ0n) is 20.2. The van der Waals surface area contributed by atoms with Gasteiger partial charge < -0.3 is 14.8 Å². The molecule has 1 N–H and O–H groups in total. The lowest BCUT2D eigenvalue weighted by Crippen LogP contribution is -2.36. The molecule has 2 aromatic carbocycles. The predicted octanol–water partition coefficient (Wildman–Crippen LogP) is 5.70. The highest BCUT2D eigenvalue weighted by atomic mass is 16.5. The number of carbonyl (C=O) groups is 2. The largest absolute Gasteiger partial charge is 0.493 e. The predicted molar refractivity (Wildman–Crippen MR) is 135 cm³/mol. The normalized spacial score (nSPS) is 18.1. The maximum absolute atomic E-state index is 13.2. The fraction of sp³-hybridized carbons (Fsp3) is 0.333. The summed E-state index contributed by atoms with van der Waals surface area (Å²) in [6, 6.07) is 14.0. The number of nitrogens with one attached hydrogen (secondary N) is 1. The summed E-state index contributed by atoms with van der Waals surface area (Å²) in [5.74, 6) is 1.15. The number of hydrogen-bond donors (Lipinski definition) is 1. The molecular weight excluding hydrogens is 438 g/mol. The first-order valence-electron chi connectivity index (χ1n) is 12.4. The van der Waals surface area contributed by atoms with Gasteiger partial charge >= 0.3 is 0 Å². The summed E-state index contributed by atoms with van der Waals surface area (Å²) in [6.45, 7) is 4.35. The fourth-order valence-corrected chi connectivity index (χ4v) is 5.52. The summed E-state index contributed by atoms with van der Waals surface area (Å²) in [7, 11) is 1.63. The van der Waals surface area contributed by atoms with Crippen LogP contribution in [0.1, 0.15) is 61.1 Å². The third-order valence-electron chi connectivity index (χ3n) is 7.09. The molecule has 5 rings (SSSR count). The molecule has 0 bridgehead atoms. The van der Waals surface area contributed by atoms with Crippen LogP contribution in [0.15, 0.2) is 77.7 Å². The van der Waals surface area contributed by atoms with Gasteiger partial charge in [-0.2, -0.15) is 0 Å². The number of Topliss-reactive ketones (excluding diaryl/α,β-unsaturated/α-hetero) is 2. The van der Waals surface area contributed by atoms with Crippen molar-refractivity contribution in [3.63, 3.8) is 0 Å². The molecule has 0 amide bonds. The van der Waals surface area contributed by atoms with Crippen LogP contribution in [0.4, 0.5) is 0 Å². The molecule has 0 unspecified atom stereocenters. The number of ketones is 2. The molecular formula is C30H31NO4. The average Bonchev–Trinajstić information content (AvgIpc) is 2.87. The first kappa shape index (κ1) is 23.2. The minimum Gasteiger partial charge on any atom is -0.493 e. The molecule has 1 heterocycles. The standard InChI is InChI=1S/C30H31NO4/c1-3-9-20-16-21(17-26(34-2)30(20)35-18-19-10-5-4-6-11-19)27-28-22(12-7-14-24(28)32)31-23-13-8-15-25(33)29(23)27/h3-6,10-11,16-17,27,31H,1,7-9,12-15,18H2,2H3. The number of hydrogen-bond acceptors (Lipinski definition) is 5. The van der Waals surface area contributed by atoms with E-state index in [2.05, 4.69) is 18.0 Å². The number of allylic oxidation sites excluding steroid dienone is 5. The summed E-state index contributed by atoms with van der Waals surface area (Å²) < 4.78 is 12.1. The molecule has 2 aliphatic carbocycles. The minimum absolute atomic E-state index is 0.127. The van der Waals surface area contributed by atoms with Gasteiger partial charge in [0.05, 0.1) is 7.11 Å². The quantitative estimate of drug-likeness (QED) is 0.527. The second-order valence-electron chi connectivity index (χ2n) is 9.37. The Morgan fingerprint density at radius 1 is 0.971 bits per heavy atom. The number of methoxy groups -OCH3 is 1. The maximum Gasteiger partial charge on any atom is 0.165 e. The molecule has 1 aliphatic heterocycles. The Balaban J connectivity index is 1.62. The minimum atomic E-state index is -0.373. The molecule has 0 fully saturated rings. The Bertz CT molecular complexity index is 1200. The van der Waals surface area contributed by atoms with Gasteiger partial charge in [-0.3, -0.25) is 9.59 Å². The fourth-order valence-electron chi connectivity index (χ4n) is 5.52. The maximum atomic E-state index is 13.2. The molecule has 0 atom stereocenters. The molecule has 2 aromatic rings. The molecule has 5 heteroatoms. The summed E-state index contributed by atoms with van der Waals surface area (Å²) in [6.07, 6.45) is 6.79. The van der Waals surface area contributed by atoms with Crippen molar-refractivity contribution >= 4 is 11.6 Å². The summed E-state index contributed by atoms with van der Waals surface area (Å²) in [5.41, 5.74) is 6.34. The number of carbonyl (C=O) groups excluding carboxylic acids is 2. The molecule has 0 radical (unpaired) electrons. The van der Waals surface area contributed by atoms with Crippen LogP contribution in [-0.2, 0) is 22.6 Å². The molecule has 35 heavy (non-hydrogen) atoms. The highest BCUT2D eigenvalue weighted by Gasteiger charge is 2.40. The molecule has 0 saturated heterocycles. The lowest BCUT2D eigenvalue weighted by atomic mass is 9.71. The van der Waals surface area contributed by atoms with Crippen LogP contribution >= 0.6 is 0 Å². The number of rotatable bonds is 7. The third kappa shape index (κ3) is 4.43. The van der Waals surface area contributed by atoms with Crippen molar-refractivity contribution in [1.82, 2.24) is 5.32 Å². The van der Waals surface area contributed by atoms with Crippen molar-refractivity contribution in [2.45, 2.75) is 57.5 Å². The van der Waals surface area contributed by atoms with Crippen LogP contribution in [0.2, 0.25) is 0 Å². The summed E-state index contributed by atoms with van der Waals surface area (Å²) >= 11 is 0. The SMILES string of the molecule is C=CCc1cc(C2C3=C(CCCC3=O)NC3=C2C(=O)CCC3)cc(OC)c1OCc1ccccc1. The van der Waals surface area contributed by atoms with E-state index in [-0.39, 0.29) is 17.5 Å². The van der Waals surface area contributed by atoms with Crippen LogP contribution in [0.25, 0.3) is 0 Å². The Labute approximate surface area is 206 Å². The van der Waals surface area contributed by atoms with Crippen molar-refractivity contribution < 1.29 is 19.1 Å². The van der Waals surface area contributed by atoms with Gasteiger partial charge in [-0.1, -0.05) is 42.5 Å². The molecule has 0 aromatic heterocycles. The zero-order chi connectivity index (χ0) is 24.4. The topological polar surface area (TPSA) is 64.6 Å². The van der Waals surface area contributed by atoms with E-state index in [1.54, 1.807) is 7.11 Å². The van der Waals surface area contributed by atoms with Gasteiger partial charge in [0.25, 0.3) is 0 Å². The lowest BCUT2D eigenvalue weighted by Gasteiger charge is -2.37. The average molecular weight is 470 g/mol. The van der Waals surface area contributed by atoms with E-state index < -0.39 is 0 Å². The van der Waals surface area contributed by atoms with E-state index in [4.69, 9.17) is 9.47 Å². The lowest BCUT2D eigenvalue weighted by molar-refractivity contribution is -0.116. The van der Waals surface area contributed by atoms with Crippen LogP contribution in [0.3, 0.4) is 0 Å². The monoisotopic (exact) mass is 469 g/mol. The van der Waals surface area contributed by atoms with E-state index in [1.807, 2.05) is 42.5 Å². The smallest absolute Gasteiger partial charge is 0.165 e. The van der Waals surface area contributed by atoms with Gasteiger partial charge in [-0.15, -0.1) is 6.58 Å². The summed E-state index contributed by atoms with van der Waals surface area (Å²) in [4.78, 5) is 26.4. The van der Waals surface area contributed by atoms with Crippen LogP contribution in [-0.4, -0.2) is 18.7 Å². The van der Waals surface area contributed by atoms with Crippen LogP contribution < -0.4 is 14.8 Å². The van der Waals surface area contributed by atoms with Gasteiger partial charge in [0, 0.05) is 46.9 Å². The van der Waals surface area contributed by atoms with Gasteiger partial charge in [0.1, 0.15) is 6.61 Å². The van der Waals surface area contributed by atoms with Crippen molar-refractivity contribution in [3.8, 4) is 11.5 Å². The first-order chi connectivity index (χ1) is 17.1. The van der Waals surface area contributed by atoms with Gasteiger partial charge in [0.15, 0.2) is 23.1 Å².